The molecule has 3 aromatic rings. The number of aromatic amines is 1. The van der Waals surface area contributed by atoms with Crippen LogP contribution in [0.15, 0.2) is 86.8 Å². The predicted molar refractivity (Wildman–Crippen MR) is 82.4 cm³/mol. The molecule has 8 heteroatoms. The van der Waals surface area contributed by atoms with E-state index in [-0.39, 0.29) is 14.8 Å². The standard InChI is InChI=1S/C15H12N2O4S2/c18-22(19,12-7-3-1-4-8-12)14-11-16-15(17-14)23(20,21)13-9-5-2-6-10-13/h1-11H,(H,16,17). The number of H-pyrrole nitrogens is 1. The minimum Gasteiger partial charge on any atom is -0.319 e. The maximum absolute atomic E-state index is 12.4. The van der Waals surface area contributed by atoms with E-state index in [0.29, 0.717) is 0 Å². The summed E-state index contributed by atoms with van der Waals surface area (Å²) in [5, 5.41) is -0.670. The fourth-order valence-electron chi connectivity index (χ4n) is 2.00. The molecule has 0 atom stereocenters. The van der Waals surface area contributed by atoms with Gasteiger partial charge in [0.2, 0.25) is 24.8 Å². The van der Waals surface area contributed by atoms with E-state index in [9.17, 15) is 16.8 Å². The average molecular weight is 348 g/mol. The van der Waals surface area contributed by atoms with Gasteiger partial charge in [-0.2, -0.15) is 0 Å². The minimum absolute atomic E-state index is 0.0398. The highest BCUT2D eigenvalue weighted by atomic mass is 32.2. The second-order valence-electron chi connectivity index (χ2n) is 4.69. The van der Waals surface area contributed by atoms with Gasteiger partial charge in [0.05, 0.1) is 16.0 Å². The maximum Gasteiger partial charge on any atom is 0.239 e. The van der Waals surface area contributed by atoms with Gasteiger partial charge >= 0.3 is 0 Å². The van der Waals surface area contributed by atoms with E-state index < -0.39 is 24.8 Å². The molecule has 0 fully saturated rings. The normalized spacial score (nSPS) is 12.2. The van der Waals surface area contributed by atoms with Crippen LogP contribution in [0.5, 0.6) is 0 Å². The highest BCUT2D eigenvalue weighted by Gasteiger charge is 2.26. The third kappa shape index (κ3) is 2.78. The van der Waals surface area contributed by atoms with Crippen molar-refractivity contribution in [2.45, 2.75) is 20.0 Å². The molecule has 1 heterocycles. The van der Waals surface area contributed by atoms with E-state index in [1.165, 1.54) is 24.3 Å². The molecule has 23 heavy (non-hydrogen) atoms. The van der Waals surface area contributed by atoms with Gasteiger partial charge in [-0.1, -0.05) is 36.4 Å². The molecule has 118 valence electrons. The van der Waals surface area contributed by atoms with Crippen molar-refractivity contribution < 1.29 is 16.8 Å². The lowest BCUT2D eigenvalue weighted by molar-refractivity contribution is 0.586. The molecule has 0 aliphatic heterocycles. The van der Waals surface area contributed by atoms with Crippen molar-refractivity contribution in [1.29, 1.82) is 0 Å². The Morgan fingerprint density at radius 1 is 0.696 bits per heavy atom. The predicted octanol–water partition coefficient (Wildman–Crippen LogP) is 2.08. The van der Waals surface area contributed by atoms with Crippen LogP contribution in [-0.4, -0.2) is 26.8 Å². The lowest BCUT2D eigenvalue weighted by atomic mass is 10.4. The molecule has 0 unspecified atom stereocenters. The van der Waals surface area contributed by atoms with Crippen LogP contribution >= 0.6 is 0 Å². The molecule has 0 bridgehead atoms. The number of imidazole rings is 1. The summed E-state index contributed by atoms with van der Waals surface area (Å²) in [4.78, 5) is 6.24. The fraction of sp³-hybridized carbons (Fsp3) is 0. The minimum atomic E-state index is -3.89. The van der Waals surface area contributed by atoms with E-state index in [2.05, 4.69) is 9.97 Å². The van der Waals surface area contributed by atoms with Crippen molar-refractivity contribution in [2.24, 2.45) is 0 Å². The first kappa shape index (κ1) is 15.4. The Labute approximate surface area is 133 Å². The Kier molecular flexibility index (Phi) is 3.78. The summed E-state index contributed by atoms with van der Waals surface area (Å²) < 4.78 is 49.7. The summed E-state index contributed by atoms with van der Waals surface area (Å²) in [5.41, 5.74) is 0. The van der Waals surface area contributed by atoms with Crippen molar-refractivity contribution in [3.63, 3.8) is 0 Å². The van der Waals surface area contributed by atoms with E-state index in [4.69, 9.17) is 0 Å². The van der Waals surface area contributed by atoms with Gasteiger partial charge in [0.15, 0.2) is 5.03 Å². The van der Waals surface area contributed by atoms with E-state index in [1.54, 1.807) is 36.4 Å². The van der Waals surface area contributed by atoms with Crippen molar-refractivity contribution in [1.82, 2.24) is 9.97 Å². The van der Waals surface area contributed by atoms with Crippen LogP contribution in [0.25, 0.3) is 0 Å². The van der Waals surface area contributed by atoms with Gasteiger partial charge in [-0.25, -0.2) is 21.8 Å². The number of rotatable bonds is 4. The van der Waals surface area contributed by atoms with Gasteiger partial charge in [0.25, 0.3) is 0 Å². The molecule has 6 nitrogen and oxygen atoms in total. The molecule has 0 radical (unpaired) electrons. The SMILES string of the molecule is O=S(=O)(c1ccccc1)c1cnc(S(=O)(=O)c2ccccc2)[nH]1. The molecule has 0 saturated carbocycles. The lowest BCUT2D eigenvalue weighted by Crippen LogP contribution is -2.06. The number of nitrogens with zero attached hydrogens (tertiary/aromatic N) is 1. The van der Waals surface area contributed by atoms with Crippen LogP contribution in [0.3, 0.4) is 0 Å². The van der Waals surface area contributed by atoms with Crippen molar-refractivity contribution >= 4 is 19.7 Å². The average Bonchev–Trinajstić information content (AvgIpc) is 3.08. The maximum atomic E-state index is 12.4. The molecule has 3 rings (SSSR count). The second kappa shape index (κ2) is 5.64. The van der Waals surface area contributed by atoms with Crippen molar-refractivity contribution in [3.05, 3.63) is 66.9 Å². The molecular formula is C15H12N2O4S2. The first-order chi connectivity index (χ1) is 10.9. The monoisotopic (exact) mass is 348 g/mol. The summed E-state index contributed by atoms with van der Waals surface area (Å²) >= 11 is 0. The zero-order chi connectivity index (χ0) is 16.5. The third-order valence-electron chi connectivity index (χ3n) is 3.18. The Hall–Kier alpha value is -2.45. The topological polar surface area (TPSA) is 97.0 Å². The van der Waals surface area contributed by atoms with Gasteiger partial charge in [-0.15, -0.1) is 0 Å². The fourth-order valence-corrected chi connectivity index (χ4v) is 4.43. The number of benzene rings is 2. The number of hydrogen-bond acceptors (Lipinski definition) is 5. The molecule has 1 N–H and O–H groups in total. The quantitative estimate of drug-likeness (QED) is 0.778. The smallest absolute Gasteiger partial charge is 0.239 e. The molecular weight excluding hydrogens is 336 g/mol. The summed E-state index contributed by atoms with van der Waals surface area (Å²) in [6.07, 6.45) is 1.01. The van der Waals surface area contributed by atoms with Crippen LogP contribution < -0.4 is 0 Å². The van der Waals surface area contributed by atoms with Gasteiger partial charge in [0, 0.05) is 0 Å². The van der Waals surface area contributed by atoms with Crippen LogP contribution in [0, 0.1) is 0 Å². The van der Waals surface area contributed by atoms with Crippen LogP contribution in [0.1, 0.15) is 0 Å². The molecule has 2 aromatic carbocycles. The molecule has 0 saturated heterocycles. The van der Waals surface area contributed by atoms with Crippen LogP contribution in [0.4, 0.5) is 0 Å². The van der Waals surface area contributed by atoms with Gasteiger partial charge in [0.1, 0.15) is 0 Å². The Bertz CT molecular complexity index is 941. The highest BCUT2D eigenvalue weighted by Crippen LogP contribution is 2.22. The molecule has 0 aliphatic rings. The van der Waals surface area contributed by atoms with Crippen LogP contribution in [0.2, 0.25) is 0 Å². The molecule has 1 aromatic heterocycles. The van der Waals surface area contributed by atoms with E-state index in [1.807, 2.05) is 0 Å². The number of aromatic nitrogens is 2. The second-order valence-corrected chi connectivity index (χ2v) is 8.47. The Morgan fingerprint density at radius 3 is 1.70 bits per heavy atom. The summed E-state index contributed by atoms with van der Waals surface area (Å²) in [6.45, 7) is 0. The first-order valence-corrected chi connectivity index (χ1v) is 9.54. The Morgan fingerprint density at radius 2 is 1.17 bits per heavy atom. The van der Waals surface area contributed by atoms with Crippen LogP contribution in [-0.2, 0) is 19.7 Å². The van der Waals surface area contributed by atoms with Crippen molar-refractivity contribution in [3.8, 4) is 0 Å². The number of sulfone groups is 2. The summed E-state index contributed by atoms with van der Waals surface area (Å²) in [6, 6.07) is 15.4. The zero-order valence-electron chi connectivity index (χ0n) is 11.7. The summed E-state index contributed by atoms with van der Waals surface area (Å²) in [5.74, 6) is 0. The number of nitrogens with one attached hydrogen (secondary N) is 1. The highest BCUT2D eigenvalue weighted by molar-refractivity contribution is 7.92. The van der Waals surface area contributed by atoms with E-state index in [0.717, 1.165) is 6.20 Å². The molecule has 0 aliphatic carbocycles. The van der Waals surface area contributed by atoms with E-state index >= 15 is 0 Å². The number of hydrogen-bond donors (Lipinski definition) is 1. The first-order valence-electron chi connectivity index (χ1n) is 6.58. The van der Waals surface area contributed by atoms with Crippen molar-refractivity contribution in [2.75, 3.05) is 0 Å². The Balaban J connectivity index is 2.05. The van der Waals surface area contributed by atoms with Gasteiger partial charge in [-0.05, 0) is 24.3 Å². The zero-order valence-corrected chi connectivity index (χ0v) is 13.4. The third-order valence-corrected chi connectivity index (χ3v) is 6.47. The lowest BCUT2D eigenvalue weighted by Gasteiger charge is -2.02. The van der Waals surface area contributed by atoms with Gasteiger partial charge < -0.3 is 4.98 Å². The molecule has 0 amide bonds. The summed E-state index contributed by atoms with van der Waals surface area (Å²) in [7, 11) is -7.73. The largest absolute Gasteiger partial charge is 0.319 e. The molecule has 0 spiro atoms. The van der Waals surface area contributed by atoms with Gasteiger partial charge in [-0.3, -0.25) is 0 Å².